The molecule has 5 aliphatic rings. The zero-order chi connectivity index (χ0) is 83.0. The number of hydrogen-bond donors (Lipinski definition) is 9. The van der Waals surface area contributed by atoms with Gasteiger partial charge in [0.1, 0.15) is 31.3 Å². The van der Waals surface area contributed by atoms with Crippen molar-refractivity contribution in [3.8, 4) is 39.8 Å². The summed E-state index contributed by atoms with van der Waals surface area (Å²) < 4.78 is 71.0. The lowest BCUT2D eigenvalue weighted by atomic mass is 9.92. The van der Waals surface area contributed by atoms with Crippen LogP contribution in [-0.2, 0) is 79.1 Å². The lowest BCUT2D eigenvalue weighted by Gasteiger charge is -2.25. The fourth-order valence-corrected chi connectivity index (χ4v) is 16.3. The van der Waals surface area contributed by atoms with Gasteiger partial charge in [-0.2, -0.15) is 13.2 Å². The molecule has 0 bridgehead atoms. The first-order chi connectivity index (χ1) is 56.9. The number of primary amides is 1. The number of para-hydroxylation sites is 3. The minimum atomic E-state index is -5.02. The Hall–Kier alpha value is -12.8. The molecule has 0 spiro atoms. The molecule has 8 aromatic carbocycles. The second-order valence-electron chi connectivity index (χ2n) is 30.7. The zero-order valence-electron chi connectivity index (χ0n) is 64.3. The van der Waals surface area contributed by atoms with Crippen LogP contribution in [0.1, 0.15) is 78.1 Å². The molecule has 3 saturated carbocycles. The van der Waals surface area contributed by atoms with E-state index in [1.807, 2.05) is 176 Å². The fourth-order valence-electron chi connectivity index (χ4n) is 16.3. The van der Waals surface area contributed by atoms with E-state index in [0.29, 0.717) is 49.6 Å². The van der Waals surface area contributed by atoms with Crippen molar-refractivity contribution in [3.05, 3.63) is 263 Å². The summed E-state index contributed by atoms with van der Waals surface area (Å²) in [7, 11) is 0. The van der Waals surface area contributed by atoms with E-state index in [0.717, 1.165) is 102 Å². The Balaban J connectivity index is 0.000000148. The Morgan fingerprint density at radius 1 is 0.492 bits per heavy atom. The molecule has 7 amide bonds. The monoisotopic (exact) mass is 1610 g/mol. The maximum absolute atomic E-state index is 14.8. The number of hydroxylamine groups is 3. The number of pyridine rings is 3. The van der Waals surface area contributed by atoms with E-state index in [9.17, 15) is 61.5 Å². The number of aryl methyl sites for hydroxylation is 1. The number of hydrogen-bond acceptors (Lipinski definition) is 17. The molecule has 0 unspecified atom stereocenters. The predicted molar refractivity (Wildman–Crippen MR) is 428 cm³/mol. The molecule has 608 valence electrons. The van der Waals surface area contributed by atoms with Gasteiger partial charge in [0.2, 0.25) is 35.4 Å². The van der Waals surface area contributed by atoms with Crippen LogP contribution in [0.3, 0.4) is 0 Å². The number of fused-ring (bicyclic) bond motifs is 3. The van der Waals surface area contributed by atoms with Crippen LogP contribution in [0.25, 0.3) is 55.2 Å². The number of nitrogens with zero attached hydrogens (tertiary/aromatic N) is 5. The van der Waals surface area contributed by atoms with Gasteiger partial charge in [-0.3, -0.25) is 54.2 Å². The van der Waals surface area contributed by atoms with Crippen LogP contribution in [0.5, 0.6) is 17.2 Å². The first kappa shape index (κ1) is 81.8. The number of amides is 7. The van der Waals surface area contributed by atoms with E-state index in [4.69, 9.17) is 40.9 Å². The van der Waals surface area contributed by atoms with Crippen LogP contribution < -0.4 is 47.4 Å². The Morgan fingerprint density at radius 3 is 1.34 bits per heavy atom. The van der Waals surface area contributed by atoms with E-state index in [1.165, 1.54) is 17.0 Å². The van der Waals surface area contributed by atoms with E-state index in [-0.39, 0.29) is 76.1 Å². The van der Waals surface area contributed by atoms with Crippen molar-refractivity contribution in [1.29, 1.82) is 0 Å². The van der Waals surface area contributed by atoms with Crippen molar-refractivity contribution in [2.24, 2.45) is 45.5 Å². The van der Waals surface area contributed by atoms with E-state index in [1.54, 1.807) is 51.7 Å². The second kappa shape index (κ2) is 35.0. The Morgan fingerprint density at radius 2 is 0.898 bits per heavy atom. The van der Waals surface area contributed by atoms with Crippen molar-refractivity contribution in [2.75, 3.05) is 26.2 Å². The van der Waals surface area contributed by atoms with Crippen molar-refractivity contribution in [2.45, 2.75) is 103 Å². The smallest absolute Gasteiger partial charge is 0.471 e. The minimum absolute atomic E-state index is 0.0393. The van der Waals surface area contributed by atoms with Gasteiger partial charge in [0.15, 0.2) is 11.6 Å². The number of alkyl halides is 3. The number of rotatable bonds is 25. The number of carbonyl (C=O) groups excluding carboxylic acids is 7. The fraction of sp³-hybridized carbons (Fsp3) is 0.289. The lowest BCUT2D eigenvalue weighted by molar-refractivity contribution is -0.174. The molecule has 118 heavy (non-hydrogen) atoms. The standard InChI is InChI=1S/C34H31F3N4O5.C32H32N4O4.C24H24FN3O4/c35-34(36,37)31(43)38-24-14-15-41(19-24)32(44)33(18-27(33)30(42)40-45)17-21-10-12-25(13-11-21)46-20-23-16-29(22-6-2-1-3-7-22)39-28-9-5-4-8-26(23)28;33-24-14-15-36(19-24)31(38)32(18-27(32)30(37)35-39)17-21-10-12-25(13-11-21)40-20-23-16-29(22-6-2-1-3-7-22)34-28-9-5-4-8-26(23)28;1-2-16-10-15(17-5-3-4-6-20(17)27-16)13-32-21-8-7-14(9-19(21)25)11-24(23(26)30)12-18(24)22(29)28-31/h1-13,16,24,27,45H,14-15,17-20H2,(H,38,43)(H,40,42);1-13,16,24,27,39H,14-15,17-20,33H2,(H,35,37);3-10,18,31H,2,11-13H2,1H3,(H2,26,30)(H,28,29)/t24-,27+,33-;24-,27-,32+;18-,24+/m011/s1. The van der Waals surface area contributed by atoms with Crippen LogP contribution in [0.15, 0.2) is 218 Å². The molecule has 28 heteroatoms. The number of benzene rings is 8. The molecular formula is C90H87F4N11O13. The normalized spacial score (nSPS) is 20.8. The average Bonchev–Trinajstić information content (AvgIpc) is 1.58. The molecule has 16 rings (SSSR count). The zero-order valence-corrected chi connectivity index (χ0v) is 64.3. The molecule has 3 aromatic heterocycles. The van der Waals surface area contributed by atoms with Gasteiger partial charge in [0.05, 0.1) is 61.9 Å². The van der Waals surface area contributed by atoms with Gasteiger partial charge in [-0.25, -0.2) is 30.8 Å². The molecule has 2 aliphatic heterocycles. The number of nitrogens with two attached hydrogens (primary N) is 2. The van der Waals surface area contributed by atoms with Gasteiger partial charge in [-0.05, 0) is 147 Å². The molecule has 3 aliphatic carbocycles. The third-order valence-corrected chi connectivity index (χ3v) is 23.0. The number of likely N-dealkylation sites (tertiary alicyclic amines) is 2. The Kier molecular flexibility index (Phi) is 24.2. The number of nitrogens with one attached hydrogen (secondary N) is 4. The highest BCUT2D eigenvalue weighted by atomic mass is 19.4. The molecule has 5 fully saturated rings. The van der Waals surface area contributed by atoms with Crippen LogP contribution in [0.2, 0.25) is 0 Å². The van der Waals surface area contributed by atoms with Gasteiger partial charge in [0.25, 0.3) is 0 Å². The summed E-state index contributed by atoms with van der Waals surface area (Å²) >= 11 is 0. The lowest BCUT2D eigenvalue weighted by Crippen LogP contribution is -2.46. The predicted octanol–water partition coefficient (Wildman–Crippen LogP) is 12.0. The first-order valence-electron chi connectivity index (χ1n) is 38.9. The summed E-state index contributed by atoms with van der Waals surface area (Å²) in [6.07, 6.45) is -1.86. The van der Waals surface area contributed by atoms with Crippen molar-refractivity contribution in [3.63, 3.8) is 0 Å². The van der Waals surface area contributed by atoms with Gasteiger partial charge in [0, 0.05) is 87.9 Å². The number of ether oxygens (including phenoxy) is 3. The first-order valence-corrected chi connectivity index (χ1v) is 38.9. The van der Waals surface area contributed by atoms with Gasteiger partial charge in [-0.1, -0.05) is 153 Å². The van der Waals surface area contributed by atoms with E-state index >= 15 is 0 Å². The van der Waals surface area contributed by atoms with Crippen LogP contribution in [0, 0.1) is 39.8 Å². The molecule has 24 nitrogen and oxygen atoms in total. The summed E-state index contributed by atoms with van der Waals surface area (Å²) in [5.41, 5.74) is 25.7. The summed E-state index contributed by atoms with van der Waals surface area (Å²) in [5.74, 6) is -6.32. The van der Waals surface area contributed by atoms with E-state index < -0.39 is 87.5 Å². The molecule has 8 atom stereocenters. The summed E-state index contributed by atoms with van der Waals surface area (Å²) in [6, 6.07) is 68.0. The number of halogens is 4. The third kappa shape index (κ3) is 18.1. The molecule has 5 heterocycles. The number of carbonyl (C=O) groups is 7. The molecule has 11 aromatic rings. The summed E-state index contributed by atoms with van der Waals surface area (Å²) in [4.78, 5) is 104. The largest absolute Gasteiger partial charge is 0.489 e. The minimum Gasteiger partial charge on any atom is -0.489 e. The van der Waals surface area contributed by atoms with Crippen molar-refractivity contribution in [1.82, 2.24) is 46.5 Å². The van der Waals surface area contributed by atoms with Gasteiger partial charge < -0.3 is 40.8 Å². The van der Waals surface area contributed by atoms with Gasteiger partial charge >= 0.3 is 12.1 Å². The quantitative estimate of drug-likeness (QED) is 0.0146. The summed E-state index contributed by atoms with van der Waals surface area (Å²) in [5, 5.41) is 32.2. The van der Waals surface area contributed by atoms with Crippen molar-refractivity contribution >= 4 is 74.1 Å². The molecule has 2 saturated heterocycles. The molecular weight excluding hydrogens is 1520 g/mol. The third-order valence-electron chi connectivity index (χ3n) is 23.0. The molecule has 0 radical (unpaired) electrons. The highest BCUT2D eigenvalue weighted by Gasteiger charge is 2.66. The highest BCUT2D eigenvalue weighted by molar-refractivity contribution is 5.98. The molecule has 11 N–H and O–H groups in total. The van der Waals surface area contributed by atoms with Crippen LogP contribution in [-0.4, -0.2) is 126 Å². The SMILES string of the molecule is CCc1cc(COc2ccc(C[C@]3(C(N)=O)C[C@@H]3C(=O)NO)cc2F)c2ccccc2n1.N[C@@H]1CCN(C(=O)[C@@]2(Cc3ccc(OCc4cc(-c5ccccc5)nc5ccccc45)cc3)C[C@@H]2C(=O)NO)C1.O=C(NO)[C@H]1C[C@]1(Cc1ccc(OCc2cc(-c3ccccc3)nc3ccccc23)cc1)C(=O)N1CC[C@H](NC(=O)C(F)(F)F)C1. The van der Waals surface area contributed by atoms with E-state index in [2.05, 4.69) is 17.1 Å². The maximum Gasteiger partial charge on any atom is 0.471 e. The van der Waals surface area contributed by atoms with Crippen LogP contribution >= 0.6 is 0 Å². The Labute approximate surface area is 675 Å². The average molecular weight is 1610 g/mol. The topological polar surface area (TPSA) is 353 Å². The van der Waals surface area contributed by atoms with Crippen molar-refractivity contribution < 1.29 is 81.0 Å². The Bertz CT molecular complexity index is 5580. The summed E-state index contributed by atoms with van der Waals surface area (Å²) in [6.45, 7) is 3.98. The maximum atomic E-state index is 14.8. The van der Waals surface area contributed by atoms with Crippen LogP contribution in [0.4, 0.5) is 17.6 Å². The van der Waals surface area contributed by atoms with Gasteiger partial charge in [-0.15, -0.1) is 0 Å². The second-order valence-corrected chi connectivity index (χ2v) is 30.7. The number of aromatic nitrogens is 3. The highest BCUT2D eigenvalue weighted by Crippen LogP contribution is 2.58.